The molecule has 4 heterocycles. The highest BCUT2D eigenvalue weighted by Crippen LogP contribution is 2.32. The normalized spacial score (nSPS) is 17.5. The number of amides is 1. The van der Waals surface area contributed by atoms with Crippen LogP contribution in [0, 0.1) is 5.92 Å². The number of nitrogens with zero attached hydrogens (tertiary/aromatic N) is 5. The Morgan fingerprint density at radius 3 is 2.62 bits per heavy atom. The molecule has 0 N–H and O–H groups in total. The summed E-state index contributed by atoms with van der Waals surface area (Å²) in [5.41, 5.74) is 1.60. The van der Waals surface area contributed by atoms with Gasteiger partial charge in [-0.2, -0.15) is 4.98 Å². The SMILES string of the molecule is O=C(C1CCN(c2ncccc2-c2nc(-c3cccc(Cl)c3)no2)CC1)N1CCCCC1. The van der Waals surface area contributed by atoms with Crippen LogP contribution < -0.4 is 4.90 Å². The lowest BCUT2D eigenvalue weighted by molar-refractivity contribution is -0.137. The maximum absolute atomic E-state index is 12.9. The van der Waals surface area contributed by atoms with Gasteiger partial charge in [0.1, 0.15) is 5.82 Å². The fourth-order valence-electron chi connectivity index (χ4n) is 4.60. The van der Waals surface area contributed by atoms with E-state index in [1.165, 1.54) is 6.42 Å². The van der Waals surface area contributed by atoms with E-state index < -0.39 is 0 Å². The largest absolute Gasteiger partial charge is 0.356 e. The first-order valence-electron chi connectivity index (χ1n) is 11.3. The van der Waals surface area contributed by atoms with Crippen molar-refractivity contribution in [3.05, 3.63) is 47.6 Å². The van der Waals surface area contributed by atoms with E-state index in [1.807, 2.05) is 36.4 Å². The van der Waals surface area contributed by atoms with Crippen LogP contribution in [0.2, 0.25) is 5.02 Å². The predicted octanol–water partition coefficient (Wildman–Crippen LogP) is 4.68. The highest BCUT2D eigenvalue weighted by Gasteiger charge is 2.30. The molecule has 3 aromatic rings. The molecule has 5 rings (SSSR count). The number of aromatic nitrogens is 3. The standard InChI is InChI=1S/C24H26ClN5O2/c25-19-7-4-6-18(16-19)21-27-23(32-28-21)20-8-5-11-26-22(20)29-14-9-17(10-15-29)24(31)30-12-2-1-3-13-30/h4-8,11,16-17H,1-3,9-10,12-15H2. The number of piperidine rings is 2. The Morgan fingerprint density at radius 2 is 1.84 bits per heavy atom. The highest BCUT2D eigenvalue weighted by molar-refractivity contribution is 6.30. The summed E-state index contributed by atoms with van der Waals surface area (Å²) in [6, 6.07) is 11.2. The van der Waals surface area contributed by atoms with Gasteiger partial charge in [-0.25, -0.2) is 4.98 Å². The third kappa shape index (κ3) is 4.35. The summed E-state index contributed by atoms with van der Waals surface area (Å²) in [5.74, 6) is 2.17. The predicted molar refractivity (Wildman–Crippen MR) is 123 cm³/mol. The molecule has 2 aromatic heterocycles. The monoisotopic (exact) mass is 451 g/mol. The molecule has 8 heteroatoms. The van der Waals surface area contributed by atoms with Crippen LogP contribution in [-0.4, -0.2) is 52.1 Å². The van der Waals surface area contributed by atoms with Crippen LogP contribution in [0.25, 0.3) is 22.8 Å². The van der Waals surface area contributed by atoms with Crippen LogP contribution in [0.1, 0.15) is 32.1 Å². The van der Waals surface area contributed by atoms with E-state index in [4.69, 9.17) is 16.1 Å². The molecule has 0 atom stereocenters. The number of carbonyl (C=O) groups is 1. The molecule has 2 fully saturated rings. The van der Waals surface area contributed by atoms with Crippen molar-refractivity contribution in [2.45, 2.75) is 32.1 Å². The number of carbonyl (C=O) groups excluding carboxylic acids is 1. The molecule has 2 aliphatic heterocycles. The van der Waals surface area contributed by atoms with Crippen LogP contribution in [0.3, 0.4) is 0 Å². The summed E-state index contributed by atoms with van der Waals surface area (Å²) >= 11 is 6.10. The molecule has 32 heavy (non-hydrogen) atoms. The number of pyridine rings is 1. The molecular weight excluding hydrogens is 426 g/mol. The molecule has 1 aromatic carbocycles. The van der Waals surface area contributed by atoms with Gasteiger partial charge >= 0.3 is 0 Å². The maximum atomic E-state index is 12.9. The highest BCUT2D eigenvalue weighted by atomic mass is 35.5. The molecule has 2 saturated heterocycles. The Balaban J connectivity index is 1.31. The number of benzene rings is 1. The van der Waals surface area contributed by atoms with Crippen molar-refractivity contribution in [1.82, 2.24) is 20.0 Å². The Hall–Kier alpha value is -2.93. The molecule has 0 unspecified atom stereocenters. The van der Waals surface area contributed by atoms with Crippen LogP contribution in [0.5, 0.6) is 0 Å². The van der Waals surface area contributed by atoms with Gasteiger partial charge in [-0.05, 0) is 56.4 Å². The van der Waals surface area contributed by atoms with E-state index in [2.05, 4.69) is 24.9 Å². The van der Waals surface area contributed by atoms with Gasteiger partial charge in [-0.1, -0.05) is 28.9 Å². The molecule has 0 aliphatic carbocycles. The average Bonchev–Trinajstić information content (AvgIpc) is 3.35. The van der Waals surface area contributed by atoms with Crippen LogP contribution >= 0.6 is 11.6 Å². The van der Waals surface area contributed by atoms with Crippen molar-refractivity contribution < 1.29 is 9.32 Å². The van der Waals surface area contributed by atoms with Crippen molar-refractivity contribution in [3.8, 4) is 22.8 Å². The Bertz CT molecular complexity index is 1090. The second-order valence-corrected chi connectivity index (χ2v) is 8.89. The maximum Gasteiger partial charge on any atom is 0.261 e. The number of rotatable bonds is 4. The zero-order valence-electron chi connectivity index (χ0n) is 17.9. The van der Waals surface area contributed by atoms with E-state index in [-0.39, 0.29) is 5.92 Å². The van der Waals surface area contributed by atoms with Gasteiger partial charge in [0.25, 0.3) is 5.89 Å². The molecular formula is C24H26ClN5O2. The molecule has 0 spiro atoms. The molecule has 166 valence electrons. The van der Waals surface area contributed by atoms with E-state index >= 15 is 0 Å². The van der Waals surface area contributed by atoms with E-state index in [9.17, 15) is 4.79 Å². The smallest absolute Gasteiger partial charge is 0.261 e. The summed E-state index contributed by atoms with van der Waals surface area (Å²) in [6.07, 6.45) is 6.94. The lowest BCUT2D eigenvalue weighted by atomic mass is 9.94. The molecule has 1 amide bonds. The second kappa shape index (κ2) is 9.28. The third-order valence-corrected chi connectivity index (χ3v) is 6.57. The molecule has 2 aliphatic rings. The van der Waals surface area contributed by atoms with Gasteiger partial charge in [-0.15, -0.1) is 0 Å². The van der Waals surface area contributed by atoms with Gasteiger partial charge in [0.2, 0.25) is 11.7 Å². The number of halogens is 1. The van der Waals surface area contributed by atoms with Gasteiger partial charge in [0.15, 0.2) is 0 Å². The van der Waals surface area contributed by atoms with Crippen molar-refractivity contribution in [3.63, 3.8) is 0 Å². The van der Waals surface area contributed by atoms with E-state index in [0.717, 1.165) is 68.8 Å². The van der Waals surface area contributed by atoms with Crippen LogP contribution in [0.15, 0.2) is 47.1 Å². The second-order valence-electron chi connectivity index (χ2n) is 8.46. The number of hydrogen-bond acceptors (Lipinski definition) is 6. The first-order valence-corrected chi connectivity index (χ1v) is 11.7. The summed E-state index contributed by atoms with van der Waals surface area (Å²) in [4.78, 5) is 26.4. The fraction of sp³-hybridized carbons (Fsp3) is 0.417. The van der Waals surface area contributed by atoms with Crippen LogP contribution in [-0.2, 0) is 4.79 Å². The van der Waals surface area contributed by atoms with Crippen molar-refractivity contribution >= 4 is 23.3 Å². The first-order chi connectivity index (χ1) is 15.7. The van der Waals surface area contributed by atoms with Gasteiger partial charge < -0.3 is 14.3 Å². The Labute approximate surface area is 192 Å². The Kier molecular flexibility index (Phi) is 6.08. The summed E-state index contributed by atoms with van der Waals surface area (Å²) in [6.45, 7) is 3.39. The topological polar surface area (TPSA) is 75.4 Å². The fourth-order valence-corrected chi connectivity index (χ4v) is 4.79. The molecule has 0 saturated carbocycles. The zero-order valence-corrected chi connectivity index (χ0v) is 18.7. The summed E-state index contributed by atoms with van der Waals surface area (Å²) in [5, 5.41) is 4.76. The van der Waals surface area contributed by atoms with E-state index in [0.29, 0.717) is 22.6 Å². The lowest BCUT2D eigenvalue weighted by Crippen LogP contribution is -2.44. The minimum absolute atomic E-state index is 0.106. The van der Waals surface area contributed by atoms with Gasteiger partial charge in [-0.3, -0.25) is 4.79 Å². The Morgan fingerprint density at radius 1 is 1.03 bits per heavy atom. The van der Waals surface area contributed by atoms with E-state index in [1.54, 1.807) is 6.20 Å². The summed E-state index contributed by atoms with van der Waals surface area (Å²) < 4.78 is 5.58. The summed E-state index contributed by atoms with van der Waals surface area (Å²) in [7, 11) is 0. The third-order valence-electron chi connectivity index (χ3n) is 6.34. The number of hydrogen-bond donors (Lipinski definition) is 0. The van der Waals surface area contributed by atoms with Crippen molar-refractivity contribution in [2.24, 2.45) is 5.92 Å². The average molecular weight is 452 g/mol. The minimum atomic E-state index is 0.106. The lowest BCUT2D eigenvalue weighted by Gasteiger charge is -2.36. The van der Waals surface area contributed by atoms with Crippen LogP contribution in [0.4, 0.5) is 5.82 Å². The molecule has 0 bridgehead atoms. The molecule has 0 radical (unpaired) electrons. The van der Waals surface area contributed by atoms with Crippen molar-refractivity contribution in [1.29, 1.82) is 0 Å². The van der Waals surface area contributed by atoms with Crippen molar-refractivity contribution in [2.75, 3.05) is 31.1 Å². The number of likely N-dealkylation sites (tertiary alicyclic amines) is 1. The molecule has 7 nitrogen and oxygen atoms in total. The zero-order chi connectivity index (χ0) is 21.9. The van der Waals surface area contributed by atoms with Gasteiger partial charge in [0.05, 0.1) is 5.56 Å². The minimum Gasteiger partial charge on any atom is -0.356 e. The van der Waals surface area contributed by atoms with Gasteiger partial charge in [0, 0.05) is 48.9 Å². The first kappa shape index (κ1) is 20.9. The number of anilines is 1. The quantitative estimate of drug-likeness (QED) is 0.573.